The first-order valence-corrected chi connectivity index (χ1v) is 4.80. The largest absolute Gasteiger partial charge is 0.418 e. The van der Waals surface area contributed by atoms with Crippen molar-refractivity contribution in [2.45, 2.75) is 6.92 Å². The minimum atomic E-state index is -0.558. The van der Waals surface area contributed by atoms with E-state index in [0.717, 1.165) is 5.69 Å². The zero-order chi connectivity index (χ0) is 11.4. The number of benzene rings is 1. The number of carbonyl (C=O) groups excluding carboxylic acids is 1. The molecule has 0 aliphatic carbocycles. The molecule has 0 spiro atoms. The fraction of sp³-hybridized carbons (Fsp3) is 0.0909. The Bertz CT molecular complexity index is 479. The van der Waals surface area contributed by atoms with Gasteiger partial charge in [0.25, 0.3) is 0 Å². The van der Waals surface area contributed by atoms with Crippen LogP contribution in [0.15, 0.2) is 36.4 Å². The summed E-state index contributed by atoms with van der Waals surface area (Å²) in [6.07, 6.45) is -0.558. The molecule has 0 aliphatic heterocycles. The van der Waals surface area contributed by atoms with E-state index in [2.05, 4.69) is 15.5 Å². The number of anilines is 1. The average molecular weight is 217 g/mol. The molecule has 0 aliphatic rings. The van der Waals surface area contributed by atoms with Crippen LogP contribution in [0.4, 0.5) is 10.6 Å². The van der Waals surface area contributed by atoms with Gasteiger partial charge in [-0.2, -0.15) is 5.10 Å². The van der Waals surface area contributed by atoms with Crippen molar-refractivity contribution >= 4 is 11.9 Å². The van der Waals surface area contributed by atoms with E-state index in [9.17, 15) is 4.79 Å². The third kappa shape index (κ3) is 2.60. The summed E-state index contributed by atoms with van der Waals surface area (Å²) < 4.78 is 5.02. The Morgan fingerprint density at radius 2 is 2.12 bits per heavy atom. The second-order valence-electron chi connectivity index (χ2n) is 3.26. The normalized spacial score (nSPS) is 9.81. The van der Waals surface area contributed by atoms with Crippen LogP contribution in [0.3, 0.4) is 0 Å². The number of aromatic nitrogens is 2. The van der Waals surface area contributed by atoms with Crippen LogP contribution in [0.25, 0.3) is 0 Å². The fourth-order valence-electron chi connectivity index (χ4n) is 1.21. The Labute approximate surface area is 92.4 Å². The van der Waals surface area contributed by atoms with Gasteiger partial charge in [-0.25, -0.2) is 4.79 Å². The predicted octanol–water partition coefficient (Wildman–Crippen LogP) is 2.33. The van der Waals surface area contributed by atoms with E-state index in [1.54, 1.807) is 30.3 Å². The number of nitrogens with one attached hydrogen (secondary N) is 2. The Kier molecular flexibility index (Phi) is 2.86. The molecular formula is C11H11N3O2. The Hall–Kier alpha value is -2.30. The van der Waals surface area contributed by atoms with Crippen LogP contribution in [0.5, 0.6) is 5.75 Å². The van der Waals surface area contributed by atoms with Crippen LogP contribution in [0.2, 0.25) is 0 Å². The minimum Gasteiger partial charge on any atom is -0.410 e. The molecular weight excluding hydrogens is 206 g/mol. The summed E-state index contributed by atoms with van der Waals surface area (Å²) in [6, 6.07) is 10.6. The SMILES string of the molecule is Cc1cc(NC(=O)Oc2ccccc2)n[nH]1. The molecule has 2 aromatic rings. The quantitative estimate of drug-likeness (QED) is 0.811. The number of nitrogens with zero attached hydrogens (tertiary/aromatic N) is 1. The van der Waals surface area contributed by atoms with Gasteiger partial charge >= 0.3 is 6.09 Å². The number of aryl methyl sites for hydroxylation is 1. The van der Waals surface area contributed by atoms with E-state index in [-0.39, 0.29) is 0 Å². The Morgan fingerprint density at radius 1 is 1.38 bits per heavy atom. The number of amides is 1. The van der Waals surface area contributed by atoms with E-state index in [4.69, 9.17) is 4.74 Å². The molecule has 2 N–H and O–H groups in total. The van der Waals surface area contributed by atoms with Crippen molar-refractivity contribution < 1.29 is 9.53 Å². The van der Waals surface area contributed by atoms with Crippen molar-refractivity contribution in [2.75, 3.05) is 5.32 Å². The zero-order valence-corrected chi connectivity index (χ0v) is 8.73. The molecule has 1 aromatic carbocycles. The zero-order valence-electron chi connectivity index (χ0n) is 8.73. The van der Waals surface area contributed by atoms with Gasteiger partial charge in [-0.15, -0.1) is 0 Å². The number of para-hydroxylation sites is 1. The molecule has 82 valence electrons. The van der Waals surface area contributed by atoms with Gasteiger partial charge in [0.15, 0.2) is 5.82 Å². The summed E-state index contributed by atoms with van der Waals surface area (Å²) in [5.74, 6) is 0.936. The van der Waals surface area contributed by atoms with Gasteiger partial charge in [-0.1, -0.05) is 18.2 Å². The van der Waals surface area contributed by atoms with Crippen LogP contribution < -0.4 is 10.1 Å². The van der Waals surface area contributed by atoms with E-state index >= 15 is 0 Å². The lowest BCUT2D eigenvalue weighted by Crippen LogP contribution is -2.16. The summed E-state index contributed by atoms with van der Waals surface area (Å²) >= 11 is 0. The van der Waals surface area contributed by atoms with Crippen molar-refractivity contribution in [1.82, 2.24) is 10.2 Å². The van der Waals surface area contributed by atoms with Gasteiger partial charge < -0.3 is 4.74 Å². The molecule has 5 heteroatoms. The Balaban J connectivity index is 1.95. The summed E-state index contributed by atoms with van der Waals surface area (Å²) in [4.78, 5) is 11.4. The van der Waals surface area contributed by atoms with Gasteiger partial charge in [-0.05, 0) is 19.1 Å². The monoisotopic (exact) mass is 217 g/mol. The maximum absolute atomic E-state index is 11.4. The molecule has 0 saturated carbocycles. The number of ether oxygens (including phenoxy) is 1. The first-order valence-electron chi connectivity index (χ1n) is 4.80. The third-order valence-corrected chi connectivity index (χ3v) is 1.89. The van der Waals surface area contributed by atoms with E-state index < -0.39 is 6.09 Å². The molecule has 1 amide bonds. The van der Waals surface area contributed by atoms with Crippen molar-refractivity contribution in [2.24, 2.45) is 0 Å². The second-order valence-corrected chi connectivity index (χ2v) is 3.26. The fourth-order valence-corrected chi connectivity index (χ4v) is 1.21. The van der Waals surface area contributed by atoms with Crippen LogP contribution in [-0.4, -0.2) is 16.3 Å². The Morgan fingerprint density at radius 3 is 2.75 bits per heavy atom. The highest BCUT2D eigenvalue weighted by Gasteiger charge is 2.06. The molecule has 0 atom stereocenters. The maximum Gasteiger partial charge on any atom is 0.418 e. The van der Waals surface area contributed by atoms with Crippen molar-refractivity contribution in [1.29, 1.82) is 0 Å². The molecule has 0 fully saturated rings. The molecule has 16 heavy (non-hydrogen) atoms. The highest BCUT2D eigenvalue weighted by molar-refractivity contribution is 5.85. The van der Waals surface area contributed by atoms with Crippen molar-refractivity contribution in [3.05, 3.63) is 42.1 Å². The number of hydrogen-bond donors (Lipinski definition) is 2. The van der Waals surface area contributed by atoms with E-state index in [1.807, 2.05) is 13.0 Å². The summed E-state index contributed by atoms with van der Waals surface area (Å²) in [6.45, 7) is 1.85. The first-order chi connectivity index (χ1) is 7.74. The van der Waals surface area contributed by atoms with Crippen LogP contribution in [-0.2, 0) is 0 Å². The minimum absolute atomic E-state index is 0.443. The first kappa shape index (κ1) is 10.2. The summed E-state index contributed by atoms with van der Waals surface area (Å²) in [5.41, 5.74) is 0.870. The molecule has 0 bridgehead atoms. The number of carbonyl (C=O) groups is 1. The highest BCUT2D eigenvalue weighted by atomic mass is 16.6. The smallest absolute Gasteiger partial charge is 0.410 e. The number of rotatable bonds is 2. The lowest BCUT2D eigenvalue weighted by Gasteiger charge is -2.03. The number of aromatic amines is 1. The molecule has 5 nitrogen and oxygen atoms in total. The van der Waals surface area contributed by atoms with Crippen LogP contribution in [0.1, 0.15) is 5.69 Å². The topological polar surface area (TPSA) is 67.0 Å². The van der Waals surface area contributed by atoms with E-state index in [0.29, 0.717) is 11.6 Å². The summed E-state index contributed by atoms with van der Waals surface area (Å²) in [5, 5.41) is 9.09. The third-order valence-electron chi connectivity index (χ3n) is 1.89. The number of hydrogen-bond acceptors (Lipinski definition) is 3. The van der Waals surface area contributed by atoms with Crippen molar-refractivity contribution in [3.63, 3.8) is 0 Å². The standard InChI is InChI=1S/C11H11N3O2/c1-8-7-10(14-13-8)12-11(15)16-9-5-3-2-4-6-9/h2-7H,1H3,(H2,12,13,14,15). The predicted molar refractivity (Wildman–Crippen MR) is 59.4 cm³/mol. The molecule has 0 radical (unpaired) electrons. The van der Waals surface area contributed by atoms with Gasteiger partial charge in [-0.3, -0.25) is 10.4 Å². The van der Waals surface area contributed by atoms with Gasteiger partial charge in [0.1, 0.15) is 5.75 Å². The molecule has 1 heterocycles. The lowest BCUT2D eigenvalue weighted by molar-refractivity contribution is 0.215. The second kappa shape index (κ2) is 4.48. The van der Waals surface area contributed by atoms with Gasteiger partial charge in [0, 0.05) is 11.8 Å². The molecule has 0 unspecified atom stereocenters. The summed E-state index contributed by atoms with van der Waals surface area (Å²) in [7, 11) is 0. The van der Waals surface area contributed by atoms with Gasteiger partial charge in [0.2, 0.25) is 0 Å². The van der Waals surface area contributed by atoms with Gasteiger partial charge in [0.05, 0.1) is 0 Å². The van der Waals surface area contributed by atoms with Crippen molar-refractivity contribution in [3.8, 4) is 5.75 Å². The lowest BCUT2D eigenvalue weighted by atomic mass is 10.3. The highest BCUT2D eigenvalue weighted by Crippen LogP contribution is 2.10. The molecule has 0 saturated heterocycles. The molecule has 1 aromatic heterocycles. The van der Waals surface area contributed by atoms with Crippen LogP contribution >= 0.6 is 0 Å². The number of H-pyrrole nitrogens is 1. The molecule has 2 rings (SSSR count). The van der Waals surface area contributed by atoms with E-state index in [1.165, 1.54) is 0 Å². The average Bonchev–Trinajstić information content (AvgIpc) is 2.65. The maximum atomic E-state index is 11.4. The van der Waals surface area contributed by atoms with Crippen LogP contribution in [0, 0.1) is 6.92 Å².